The van der Waals surface area contributed by atoms with Gasteiger partial charge in [0, 0.05) is 31.7 Å². The molecule has 0 bridgehead atoms. The highest BCUT2D eigenvalue weighted by Crippen LogP contribution is 2.29. The van der Waals surface area contributed by atoms with Crippen LogP contribution in [0.25, 0.3) is 0 Å². The number of hydrogen-bond donors (Lipinski definition) is 2. The van der Waals surface area contributed by atoms with Crippen LogP contribution in [-0.4, -0.2) is 72.8 Å². The van der Waals surface area contributed by atoms with Crippen molar-refractivity contribution in [3.8, 4) is 0 Å². The second-order valence-corrected chi connectivity index (χ2v) is 6.99. The average Bonchev–Trinajstić information content (AvgIpc) is 2.81. The zero-order chi connectivity index (χ0) is 18.6. The fourth-order valence-electron chi connectivity index (χ4n) is 3.76. The zero-order valence-electron chi connectivity index (χ0n) is 15.2. The van der Waals surface area contributed by atoms with Gasteiger partial charge >= 0.3 is 0 Å². The summed E-state index contributed by atoms with van der Waals surface area (Å²) in [7, 11) is 1.99. The van der Waals surface area contributed by atoms with E-state index >= 15 is 0 Å². The molecule has 0 saturated carbocycles. The standard InChI is InChI=1S/C19H26N4O3/c1-22-11-5-10-20-18(26)19(22)8-12-23(13-9-19)16(24)14-21-17(25)15-6-3-2-4-7-15/h2-4,6-7H,5,8-14H2,1H3,(H,20,26)(H,21,25). The van der Waals surface area contributed by atoms with Crippen LogP contribution in [0, 0.1) is 0 Å². The summed E-state index contributed by atoms with van der Waals surface area (Å²) >= 11 is 0. The summed E-state index contributed by atoms with van der Waals surface area (Å²) in [5, 5.41) is 5.67. The first-order valence-electron chi connectivity index (χ1n) is 9.13. The lowest BCUT2D eigenvalue weighted by atomic mass is 9.85. The summed E-state index contributed by atoms with van der Waals surface area (Å²) in [6.45, 7) is 2.61. The summed E-state index contributed by atoms with van der Waals surface area (Å²) in [5.41, 5.74) is 0.0234. The largest absolute Gasteiger partial charge is 0.354 e. The monoisotopic (exact) mass is 358 g/mol. The van der Waals surface area contributed by atoms with Gasteiger partial charge in [-0.15, -0.1) is 0 Å². The Morgan fingerprint density at radius 2 is 1.85 bits per heavy atom. The lowest BCUT2D eigenvalue weighted by molar-refractivity contribution is -0.140. The molecule has 2 heterocycles. The van der Waals surface area contributed by atoms with E-state index in [2.05, 4.69) is 15.5 Å². The SMILES string of the molecule is CN1CCCNC(=O)C12CCN(C(=O)CNC(=O)c1ccccc1)CC2. The average molecular weight is 358 g/mol. The van der Waals surface area contributed by atoms with Crippen LogP contribution in [0.15, 0.2) is 30.3 Å². The van der Waals surface area contributed by atoms with Gasteiger partial charge in [-0.2, -0.15) is 0 Å². The Hall–Kier alpha value is -2.41. The Labute approximate surface area is 153 Å². The number of likely N-dealkylation sites (N-methyl/N-ethyl adjacent to an activating group) is 1. The lowest BCUT2D eigenvalue weighted by Gasteiger charge is -2.44. The summed E-state index contributed by atoms with van der Waals surface area (Å²) in [6, 6.07) is 8.84. The van der Waals surface area contributed by atoms with Crippen LogP contribution in [0.3, 0.4) is 0 Å². The van der Waals surface area contributed by atoms with E-state index < -0.39 is 5.54 Å². The Balaban J connectivity index is 1.53. The van der Waals surface area contributed by atoms with E-state index in [9.17, 15) is 14.4 Å². The third-order valence-corrected chi connectivity index (χ3v) is 5.49. The van der Waals surface area contributed by atoms with Gasteiger partial charge in [-0.05, 0) is 38.4 Å². The number of hydrogen-bond acceptors (Lipinski definition) is 4. The highest BCUT2D eigenvalue weighted by atomic mass is 16.2. The number of rotatable bonds is 3. The van der Waals surface area contributed by atoms with Gasteiger partial charge in [-0.25, -0.2) is 0 Å². The van der Waals surface area contributed by atoms with Gasteiger partial charge < -0.3 is 15.5 Å². The molecule has 140 valence electrons. The van der Waals surface area contributed by atoms with Crippen LogP contribution in [0.2, 0.25) is 0 Å². The molecule has 3 amide bonds. The normalized spacial score (nSPS) is 20.3. The first kappa shape index (κ1) is 18.4. The third-order valence-electron chi connectivity index (χ3n) is 5.49. The van der Waals surface area contributed by atoms with E-state index in [-0.39, 0.29) is 24.3 Å². The van der Waals surface area contributed by atoms with Crippen molar-refractivity contribution < 1.29 is 14.4 Å². The zero-order valence-corrected chi connectivity index (χ0v) is 15.2. The molecule has 1 aromatic carbocycles. The van der Waals surface area contributed by atoms with E-state index in [1.165, 1.54) is 0 Å². The minimum atomic E-state index is -0.513. The van der Waals surface area contributed by atoms with Crippen molar-refractivity contribution in [3.05, 3.63) is 35.9 Å². The molecule has 2 aliphatic rings. The van der Waals surface area contributed by atoms with Gasteiger partial charge in [0.2, 0.25) is 11.8 Å². The third kappa shape index (κ3) is 3.72. The molecule has 0 unspecified atom stereocenters. The van der Waals surface area contributed by atoms with Gasteiger partial charge in [-0.1, -0.05) is 18.2 Å². The maximum absolute atomic E-state index is 12.5. The Morgan fingerprint density at radius 3 is 2.54 bits per heavy atom. The van der Waals surface area contributed by atoms with Gasteiger partial charge in [0.15, 0.2) is 0 Å². The fraction of sp³-hybridized carbons (Fsp3) is 0.526. The van der Waals surface area contributed by atoms with Crippen molar-refractivity contribution in [2.75, 3.05) is 39.8 Å². The highest BCUT2D eigenvalue weighted by Gasteiger charge is 2.45. The molecule has 1 spiro atoms. The van der Waals surface area contributed by atoms with Crippen LogP contribution in [0.5, 0.6) is 0 Å². The molecule has 2 saturated heterocycles. The van der Waals surface area contributed by atoms with Gasteiger partial charge in [-0.3, -0.25) is 19.3 Å². The number of benzene rings is 1. The number of likely N-dealkylation sites (tertiary alicyclic amines) is 1. The van der Waals surface area contributed by atoms with Crippen molar-refractivity contribution in [1.29, 1.82) is 0 Å². The Morgan fingerprint density at radius 1 is 1.15 bits per heavy atom. The van der Waals surface area contributed by atoms with E-state index in [0.717, 1.165) is 13.0 Å². The molecule has 2 N–H and O–H groups in total. The van der Waals surface area contributed by atoms with Crippen LogP contribution in [-0.2, 0) is 9.59 Å². The number of nitrogens with zero attached hydrogens (tertiary/aromatic N) is 2. The first-order valence-corrected chi connectivity index (χ1v) is 9.13. The first-order chi connectivity index (χ1) is 12.5. The molecule has 0 atom stereocenters. The number of piperidine rings is 1. The predicted molar refractivity (Wildman–Crippen MR) is 97.6 cm³/mol. The van der Waals surface area contributed by atoms with Crippen molar-refractivity contribution in [2.24, 2.45) is 0 Å². The molecule has 0 radical (unpaired) electrons. The topological polar surface area (TPSA) is 81.8 Å². The van der Waals surface area contributed by atoms with E-state index in [1.54, 1.807) is 29.2 Å². The van der Waals surface area contributed by atoms with Crippen molar-refractivity contribution >= 4 is 17.7 Å². The van der Waals surface area contributed by atoms with Crippen molar-refractivity contribution in [3.63, 3.8) is 0 Å². The van der Waals surface area contributed by atoms with Crippen molar-refractivity contribution in [1.82, 2.24) is 20.4 Å². The van der Waals surface area contributed by atoms with Crippen LogP contribution >= 0.6 is 0 Å². The van der Waals surface area contributed by atoms with Crippen LogP contribution < -0.4 is 10.6 Å². The molecule has 1 aromatic rings. The van der Waals surface area contributed by atoms with Crippen LogP contribution in [0.1, 0.15) is 29.6 Å². The maximum Gasteiger partial charge on any atom is 0.251 e. The van der Waals surface area contributed by atoms with Crippen LogP contribution in [0.4, 0.5) is 0 Å². The molecule has 0 aromatic heterocycles. The molecule has 7 nitrogen and oxygen atoms in total. The van der Waals surface area contributed by atoms with Gasteiger partial charge in [0.05, 0.1) is 6.54 Å². The molecule has 7 heteroatoms. The lowest BCUT2D eigenvalue weighted by Crippen LogP contribution is -2.61. The summed E-state index contributed by atoms with van der Waals surface area (Å²) in [6.07, 6.45) is 2.18. The smallest absolute Gasteiger partial charge is 0.251 e. The Bertz CT molecular complexity index is 669. The molecule has 2 aliphatic heterocycles. The molecule has 3 rings (SSSR count). The minimum Gasteiger partial charge on any atom is -0.354 e. The fourth-order valence-corrected chi connectivity index (χ4v) is 3.76. The van der Waals surface area contributed by atoms with Gasteiger partial charge in [0.25, 0.3) is 5.91 Å². The number of carbonyl (C=O) groups excluding carboxylic acids is 3. The van der Waals surface area contributed by atoms with E-state index in [4.69, 9.17) is 0 Å². The summed E-state index contributed by atoms with van der Waals surface area (Å²) in [5.74, 6) is -0.293. The summed E-state index contributed by atoms with van der Waals surface area (Å²) < 4.78 is 0. The van der Waals surface area contributed by atoms with Crippen molar-refractivity contribution in [2.45, 2.75) is 24.8 Å². The molecule has 2 fully saturated rings. The molecular weight excluding hydrogens is 332 g/mol. The number of carbonyl (C=O) groups is 3. The molecular formula is C19H26N4O3. The number of nitrogens with one attached hydrogen (secondary N) is 2. The minimum absolute atomic E-state index is 0.0250. The number of amides is 3. The second kappa shape index (κ2) is 7.86. The molecule has 26 heavy (non-hydrogen) atoms. The van der Waals surface area contributed by atoms with Gasteiger partial charge in [0.1, 0.15) is 5.54 Å². The van der Waals surface area contributed by atoms with E-state index in [1.807, 2.05) is 13.1 Å². The molecule has 0 aliphatic carbocycles. The predicted octanol–water partition coefficient (Wildman–Crippen LogP) is 0.229. The second-order valence-electron chi connectivity index (χ2n) is 6.99. The maximum atomic E-state index is 12.5. The Kier molecular flexibility index (Phi) is 5.56. The highest BCUT2D eigenvalue weighted by molar-refractivity contribution is 5.96. The van der Waals surface area contributed by atoms with E-state index in [0.29, 0.717) is 38.0 Å². The summed E-state index contributed by atoms with van der Waals surface area (Å²) in [4.78, 5) is 40.9. The quantitative estimate of drug-likeness (QED) is 0.810.